The predicted octanol–water partition coefficient (Wildman–Crippen LogP) is 3.07. The standard InChI is InChI=1S/C22H23N5O5S2/c1-30-8-6-19-23-14(12-33-19)13-4-5-16-15(9-13)27(20(29)11-32-16)10-18(28)24-22-26-25-21(34-22)17-3-2-7-31-17/h4-5,9,12,17H,2-3,6-8,10-11H2,1H3,(H,24,26,28). The minimum Gasteiger partial charge on any atom is -0.482 e. The average Bonchev–Trinajstić information content (AvgIpc) is 3.61. The Balaban J connectivity index is 1.31. The van der Waals surface area contributed by atoms with Crippen molar-refractivity contribution in [2.24, 2.45) is 0 Å². The highest BCUT2D eigenvalue weighted by Crippen LogP contribution is 2.36. The Morgan fingerprint density at radius 1 is 1.35 bits per heavy atom. The minimum absolute atomic E-state index is 0.0602. The number of carbonyl (C=O) groups is 2. The molecule has 0 saturated carbocycles. The van der Waals surface area contributed by atoms with Gasteiger partial charge in [0.25, 0.3) is 5.91 Å². The lowest BCUT2D eigenvalue weighted by atomic mass is 10.1. The number of hydrogen-bond donors (Lipinski definition) is 1. The lowest BCUT2D eigenvalue weighted by Gasteiger charge is -2.29. The molecule has 2 amide bonds. The van der Waals surface area contributed by atoms with E-state index in [1.165, 1.54) is 16.2 Å². The van der Waals surface area contributed by atoms with E-state index in [2.05, 4.69) is 20.5 Å². The van der Waals surface area contributed by atoms with Crippen LogP contribution in [0, 0.1) is 0 Å². The summed E-state index contributed by atoms with van der Waals surface area (Å²) in [6, 6.07) is 5.53. The maximum atomic E-state index is 12.8. The molecule has 1 fully saturated rings. The van der Waals surface area contributed by atoms with Crippen molar-refractivity contribution >= 4 is 45.3 Å². The molecule has 2 aliphatic rings. The average molecular weight is 502 g/mol. The molecule has 1 aromatic carbocycles. The van der Waals surface area contributed by atoms with Crippen molar-refractivity contribution in [3.63, 3.8) is 0 Å². The predicted molar refractivity (Wildman–Crippen MR) is 127 cm³/mol. The number of aromatic nitrogens is 3. The molecule has 1 atom stereocenters. The van der Waals surface area contributed by atoms with Crippen molar-refractivity contribution in [1.29, 1.82) is 0 Å². The summed E-state index contributed by atoms with van der Waals surface area (Å²) in [4.78, 5) is 31.5. The third kappa shape index (κ3) is 4.94. The summed E-state index contributed by atoms with van der Waals surface area (Å²) in [5, 5.41) is 15.0. The smallest absolute Gasteiger partial charge is 0.265 e. The van der Waals surface area contributed by atoms with Crippen molar-refractivity contribution in [2.45, 2.75) is 25.4 Å². The number of rotatable bonds is 8. The molecule has 0 radical (unpaired) electrons. The Kier molecular flexibility index (Phi) is 6.81. The minimum atomic E-state index is -0.364. The molecule has 3 aromatic rings. The Morgan fingerprint density at radius 2 is 2.26 bits per heavy atom. The van der Waals surface area contributed by atoms with Crippen LogP contribution in [0.5, 0.6) is 5.75 Å². The Hall–Kier alpha value is -2.93. The number of amides is 2. The van der Waals surface area contributed by atoms with Crippen LogP contribution < -0.4 is 15.0 Å². The highest BCUT2D eigenvalue weighted by molar-refractivity contribution is 7.15. The molecule has 1 saturated heterocycles. The molecule has 12 heteroatoms. The van der Waals surface area contributed by atoms with Gasteiger partial charge in [-0.05, 0) is 31.0 Å². The Morgan fingerprint density at radius 3 is 3.09 bits per heavy atom. The van der Waals surface area contributed by atoms with Crippen LogP contribution in [-0.2, 0) is 25.5 Å². The number of thiazole rings is 1. The molecule has 5 rings (SSSR count). The van der Waals surface area contributed by atoms with Crippen LogP contribution in [0.15, 0.2) is 23.6 Å². The van der Waals surface area contributed by atoms with Gasteiger partial charge in [0.15, 0.2) is 6.61 Å². The summed E-state index contributed by atoms with van der Waals surface area (Å²) in [5.74, 6) is -0.115. The molecular weight excluding hydrogens is 478 g/mol. The van der Waals surface area contributed by atoms with Gasteiger partial charge in [-0.3, -0.25) is 19.8 Å². The highest BCUT2D eigenvalue weighted by Gasteiger charge is 2.29. The zero-order valence-electron chi connectivity index (χ0n) is 18.5. The van der Waals surface area contributed by atoms with Gasteiger partial charge in [-0.2, -0.15) is 0 Å². The van der Waals surface area contributed by atoms with Crippen LogP contribution in [-0.4, -0.2) is 60.5 Å². The molecule has 34 heavy (non-hydrogen) atoms. The monoisotopic (exact) mass is 501 g/mol. The molecular formula is C22H23N5O5S2. The number of nitrogens with zero attached hydrogens (tertiary/aromatic N) is 4. The first-order valence-electron chi connectivity index (χ1n) is 10.9. The van der Waals surface area contributed by atoms with Gasteiger partial charge in [-0.15, -0.1) is 21.5 Å². The second-order valence-corrected chi connectivity index (χ2v) is 9.77. The molecule has 10 nitrogen and oxygen atoms in total. The van der Waals surface area contributed by atoms with Crippen molar-refractivity contribution in [3.05, 3.63) is 33.6 Å². The summed E-state index contributed by atoms with van der Waals surface area (Å²) < 4.78 is 16.3. The van der Waals surface area contributed by atoms with Gasteiger partial charge in [0.05, 0.1) is 23.0 Å². The lowest BCUT2D eigenvalue weighted by molar-refractivity contribution is -0.123. The van der Waals surface area contributed by atoms with Gasteiger partial charge in [0.2, 0.25) is 11.0 Å². The first-order valence-corrected chi connectivity index (χ1v) is 12.6. The third-order valence-corrected chi connectivity index (χ3v) is 7.30. The van der Waals surface area contributed by atoms with E-state index in [1.54, 1.807) is 24.5 Å². The number of anilines is 2. The van der Waals surface area contributed by atoms with Crippen LogP contribution in [0.25, 0.3) is 11.3 Å². The zero-order chi connectivity index (χ0) is 23.5. The molecule has 0 spiro atoms. The van der Waals surface area contributed by atoms with E-state index in [1.807, 2.05) is 17.5 Å². The topological polar surface area (TPSA) is 116 Å². The molecule has 178 valence electrons. The Bertz CT molecular complexity index is 1190. The molecule has 1 unspecified atom stereocenters. The van der Waals surface area contributed by atoms with E-state index in [0.717, 1.165) is 40.5 Å². The van der Waals surface area contributed by atoms with Crippen molar-refractivity contribution < 1.29 is 23.8 Å². The summed E-state index contributed by atoms with van der Waals surface area (Å²) in [5.41, 5.74) is 2.18. The number of ether oxygens (including phenoxy) is 3. The number of fused-ring (bicyclic) bond motifs is 1. The number of benzene rings is 1. The normalized spacial score (nSPS) is 17.5. The quantitative estimate of drug-likeness (QED) is 0.501. The number of carbonyl (C=O) groups excluding carboxylic acids is 2. The van der Waals surface area contributed by atoms with E-state index < -0.39 is 0 Å². The molecule has 1 N–H and O–H groups in total. The maximum absolute atomic E-state index is 12.8. The second-order valence-electron chi connectivity index (χ2n) is 7.82. The lowest BCUT2D eigenvalue weighted by Crippen LogP contribution is -2.43. The van der Waals surface area contributed by atoms with E-state index in [4.69, 9.17) is 14.2 Å². The SMILES string of the molecule is COCCc1nc(-c2ccc3c(c2)N(CC(=O)Nc2nnc(C4CCCO4)s2)C(=O)CO3)cs1. The van der Waals surface area contributed by atoms with Crippen molar-refractivity contribution in [2.75, 3.05) is 43.7 Å². The largest absolute Gasteiger partial charge is 0.482 e. The summed E-state index contributed by atoms with van der Waals surface area (Å²) in [6.07, 6.45) is 2.56. The fraction of sp³-hybridized carbons (Fsp3) is 0.409. The third-order valence-electron chi connectivity index (χ3n) is 5.46. The zero-order valence-corrected chi connectivity index (χ0v) is 20.1. The number of nitrogens with one attached hydrogen (secondary N) is 1. The van der Waals surface area contributed by atoms with E-state index in [9.17, 15) is 9.59 Å². The van der Waals surface area contributed by atoms with Crippen LogP contribution in [0.2, 0.25) is 0 Å². The van der Waals surface area contributed by atoms with E-state index in [0.29, 0.717) is 29.8 Å². The Labute approximate surface area is 203 Å². The van der Waals surface area contributed by atoms with Crippen LogP contribution >= 0.6 is 22.7 Å². The molecule has 4 heterocycles. The summed E-state index contributed by atoms with van der Waals surface area (Å²) in [7, 11) is 1.66. The maximum Gasteiger partial charge on any atom is 0.265 e. The highest BCUT2D eigenvalue weighted by atomic mass is 32.1. The fourth-order valence-corrected chi connectivity index (χ4v) is 5.40. The van der Waals surface area contributed by atoms with Crippen LogP contribution in [0.1, 0.15) is 29.0 Å². The van der Waals surface area contributed by atoms with E-state index in [-0.39, 0.29) is 31.1 Å². The van der Waals surface area contributed by atoms with Gasteiger partial charge in [0, 0.05) is 31.1 Å². The van der Waals surface area contributed by atoms with Crippen LogP contribution in [0.4, 0.5) is 10.8 Å². The molecule has 0 bridgehead atoms. The van der Waals surface area contributed by atoms with Gasteiger partial charge in [-0.25, -0.2) is 4.98 Å². The van der Waals surface area contributed by atoms with Gasteiger partial charge in [-0.1, -0.05) is 11.3 Å². The fourth-order valence-electron chi connectivity index (χ4n) is 3.77. The van der Waals surface area contributed by atoms with Crippen molar-refractivity contribution in [3.8, 4) is 17.0 Å². The van der Waals surface area contributed by atoms with Gasteiger partial charge >= 0.3 is 0 Å². The first-order chi connectivity index (χ1) is 16.6. The summed E-state index contributed by atoms with van der Waals surface area (Å²) >= 11 is 2.85. The molecule has 2 aliphatic heterocycles. The second kappa shape index (κ2) is 10.1. The number of methoxy groups -OCH3 is 1. The molecule has 0 aliphatic carbocycles. The first kappa shape index (κ1) is 22.8. The number of hydrogen-bond acceptors (Lipinski definition) is 10. The van der Waals surface area contributed by atoms with Gasteiger partial charge < -0.3 is 14.2 Å². The molecule has 2 aromatic heterocycles. The van der Waals surface area contributed by atoms with Gasteiger partial charge in [0.1, 0.15) is 23.4 Å². The van der Waals surface area contributed by atoms with Crippen LogP contribution in [0.3, 0.4) is 0 Å². The summed E-state index contributed by atoms with van der Waals surface area (Å²) in [6.45, 7) is 1.02. The van der Waals surface area contributed by atoms with Crippen molar-refractivity contribution in [1.82, 2.24) is 15.2 Å². The van der Waals surface area contributed by atoms with E-state index >= 15 is 0 Å².